The fraction of sp³-hybridized carbons (Fsp3) is 0.238. The lowest BCUT2D eigenvalue weighted by Crippen LogP contribution is -2.27. The number of rotatable bonds is 6. The largest absolute Gasteiger partial charge is 0.496 e. The molecule has 150 valence electrons. The average molecular weight is 411 g/mol. The summed E-state index contributed by atoms with van der Waals surface area (Å²) in [4.78, 5) is 4.64. The Morgan fingerprint density at radius 1 is 1.03 bits per heavy atom. The first kappa shape index (κ1) is 19.4. The Balaban J connectivity index is 1.51. The van der Waals surface area contributed by atoms with Gasteiger partial charge < -0.3 is 9.26 Å². The van der Waals surface area contributed by atoms with E-state index in [4.69, 9.17) is 9.26 Å². The van der Waals surface area contributed by atoms with Crippen LogP contribution in [0.15, 0.2) is 57.9 Å². The summed E-state index contributed by atoms with van der Waals surface area (Å²) < 4.78 is 37.3. The van der Waals surface area contributed by atoms with Crippen molar-refractivity contribution in [2.24, 2.45) is 0 Å². The molecule has 0 saturated carbocycles. The van der Waals surface area contributed by atoms with Crippen molar-refractivity contribution in [2.45, 2.75) is 17.7 Å². The molecule has 0 aliphatic carbocycles. The molecule has 4 rings (SSSR count). The average Bonchev–Trinajstić information content (AvgIpc) is 3.45. The van der Waals surface area contributed by atoms with Gasteiger partial charge in [0.25, 0.3) is 5.89 Å². The fourth-order valence-electron chi connectivity index (χ4n) is 3.24. The minimum Gasteiger partial charge on any atom is -0.496 e. The van der Waals surface area contributed by atoms with Gasteiger partial charge in [-0.1, -0.05) is 23.4 Å². The van der Waals surface area contributed by atoms with Crippen LogP contribution < -0.4 is 4.74 Å². The molecule has 0 unspecified atom stereocenters. The molecule has 1 aliphatic rings. The molecular formula is C21H21N3O4S. The maximum atomic E-state index is 12.6. The van der Waals surface area contributed by atoms with Crippen molar-refractivity contribution in [3.8, 4) is 17.1 Å². The van der Waals surface area contributed by atoms with Crippen molar-refractivity contribution < 1.29 is 17.7 Å². The van der Waals surface area contributed by atoms with Crippen LogP contribution in [-0.4, -0.2) is 43.1 Å². The SMILES string of the molecule is COc1ccccc1/C=C/c1nc(-c2ccc(S(=O)(=O)N3CCCC3)cc2)no1. The van der Waals surface area contributed by atoms with Crippen molar-refractivity contribution in [2.75, 3.05) is 20.2 Å². The lowest BCUT2D eigenvalue weighted by molar-refractivity contribution is 0.411. The Kier molecular flexibility index (Phi) is 5.46. The minimum atomic E-state index is -3.43. The number of methoxy groups -OCH3 is 1. The number of nitrogens with zero attached hydrogens (tertiary/aromatic N) is 3. The van der Waals surface area contributed by atoms with Crippen molar-refractivity contribution in [3.63, 3.8) is 0 Å². The summed E-state index contributed by atoms with van der Waals surface area (Å²) in [7, 11) is -1.82. The zero-order valence-corrected chi connectivity index (χ0v) is 16.8. The van der Waals surface area contributed by atoms with Gasteiger partial charge in [0.1, 0.15) is 5.75 Å². The second kappa shape index (κ2) is 8.18. The van der Waals surface area contributed by atoms with Crippen LogP contribution in [0.5, 0.6) is 5.75 Å². The molecule has 8 heteroatoms. The van der Waals surface area contributed by atoms with Gasteiger partial charge in [-0.05, 0) is 49.2 Å². The number of sulfonamides is 1. The molecule has 1 aliphatic heterocycles. The molecule has 0 bridgehead atoms. The van der Waals surface area contributed by atoms with Crippen molar-refractivity contribution in [1.29, 1.82) is 0 Å². The molecular weight excluding hydrogens is 390 g/mol. The highest BCUT2D eigenvalue weighted by Gasteiger charge is 2.27. The number of ether oxygens (including phenoxy) is 1. The van der Waals surface area contributed by atoms with Crippen molar-refractivity contribution in [1.82, 2.24) is 14.4 Å². The Bertz CT molecular complexity index is 1110. The molecule has 0 atom stereocenters. The van der Waals surface area contributed by atoms with E-state index in [1.54, 1.807) is 37.5 Å². The topological polar surface area (TPSA) is 85.5 Å². The number of benzene rings is 2. The van der Waals surface area contributed by atoms with Crippen LogP contribution in [0.25, 0.3) is 23.5 Å². The van der Waals surface area contributed by atoms with Crippen LogP contribution in [0.4, 0.5) is 0 Å². The van der Waals surface area contributed by atoms with E-state index in [0.717, 1.165) is 24.2 Å². The van der Waals surface area contributed by atoms with Crippen LogP contribution >= 0.6 is 0 Å². The molecule has 2 aromatic carbocycles. The van der Waals surface area contributed by atoms with Gasteiger partial charge in [-0.25, -0.2) is 8.42 Å². The third-order valence-corrected chi connectivity index (χ3v) is 6.71. The summed E-state index contributed by atoms with van der Waals surface area (Å²) in [5.41, 5.74) is 1.58. The van der Waals surface area contributed by atoms with E-state index in [1.165, 1.54) is 4.31 Å². The van der Waals surface area contributed by atoms with E-state index in [-0.39, 0.29) is 4.90 Å². The highest BCUT2D eigenvalue weighted by atomic mass is 32.2. The standard InChI is InChI=1S/C21H21N3O4S/c1-27-19-7-3-2-6-16(19)10-13-20-22-21(23-28-20)17-8-11-18(12-9-17)29(25,26)24-14-4-5-15-24/h2-3,6-13H,4-5,14-15H2,1H3/b13-10+. The normalized spacial score (nSPS) is 15.2. The molecule has 3 aromatic rings. The van der Waals surface area contributed by atoms with Crippen LogP contribution in [0.2, 0.25) is 0 Å². The molecule has 7 nitrogen and oxygen atoms in total. The maximum absolute atomic E-state index is 12.6. The summed E-state index contributed by atoms with van der Waals surface area (Å²) in [5.74, 6) is 1.49. The third-order valence-electron chi connectivity index (χ3n) is 4.80. The van der Waals surface area contributed by atoms with Crippen molar-refractivity contribution in [3.05, 3.63) is 60.0 Å². The van der Waals surface area contributed by atoms with E-state index in [0.29, 0.717) is 30.4 Å². The highest BCUT2D eigenvalue weighted by Crippen LogP contribution is 2.24. The van der Waals surface area contributed by atoms with Gasteiger partial charge >= 0.3 is 0 Å². The Hall–Kier alpha value is -2.97. The van der Waals surface area contributed by atoms with Gasteiger partial charge in [-0.2, -0.15) is 9.29 Å². The molecule has 29 heavy (non-hydrogen) atoms. The first-order valence-corrected chi connectivity index (χ1v) is 10.8. The summed E-state index contributed by atoms with van der Waals surface area (Å²) >= 11 is 0. The molecule has 0 amide bonds. The second-order valence-corrected chi connectivity index (χ2v) is 8.61. The van der Waals surface area contributed by atoms with Gasteiger partial charge in [0.2, 0.25) is 15.8 Å². The van der Waals surface area contributed by atoms with Crippen LogP contribution in [0, 0.1) is 0 Å². The van der Waals surface area contributed by atoms with Gasteiger partial charge in [0.05, 0.1) is 12.0 Å². The van der Waals surface area contributed by atoms with E-state index in [9.17, 15) is 8.42 Å². The van der Waals surface area contributed by atoms with Gasteiger partial charge in [0.15, 0.2) is 0 Å². The van der Waals surface area contributed by atoms with Crippen LogP contribution in [0.1, 0.15) is 24.3 Å². The number of aromatic nitrogens is 2. The Morgan fingerprint density at radius 3 is 2.48 bits per heavy atom. The first-order valence-electron chi connectivity index (χ1n) is 9.33. The molecule has 0 spiro atoms. The zero-order valence-electron chi connectivity index (χ0n) is 16.0. The summed E-state index contributed by atoms with van der Waals surface area (Å²) in [5, 5.41) is 3.98. The highest BCUT2D eigenvalue weighted by molar-refractivity contribution is 7.89. The molecule has 1 aromatic heterocycles. The van der Waals surface area contributed by atoms with E-state index in [2.05, 4.69) is 10.1 Å². The van der Waals surface area contributed by atoms with E-state index >= 15 is 0 Å². The second-order valence-electron chi connectivity index (χ2n) is 6.67. The maximum Gasteiger partial charge on any atom is 0.250 e. The zero-order chi connectivity index (χ0) is 20.3. The monoisotopic (exact) mass is 411 g/mol. The lowest BCUT2D eigenvalue weighted by atomic mass is 10.2. The van der Waals surface area contributed by atoms with Crippen molar-refractivity contribution >= 4 is 22.2 Å². The van der Waals surface area contributed by atoms with Gasteiger partial charge in [-0.15, -0.1) is 0 Å². The smallest absolute Gasteiger partial charge is 0.250 e. The van der Waals surface area contributed by atoms with Gasteiger partial charge in [0, 0.05) is 30.3 Å². The van der Waals surface area contributed by atoms with Gasteiger partial charge in [-0.3, -0.25) is 0 Å². The summed E-state index contributed by atoms with van der Waals surface area (Å²) in [6, 6.07) is 14.2. The Labute approximate surface area is 169 Å². The van der Waals surface area contributed by atoms with Crippen LogP contribution in [0.3, 0.4) is 0 Å². The molecule has 0 N–H and O–H groups in total. The molecule has 1 saturated heterocycles. The summed E-state index contributed by atoms with van der Waals surface area (Å²) in [6.07, 6.45) is 5.36. The Morgan fingerprint density at radius 2 is 1.76 bits per heavy atom. The van der Waals surface area contributed by atoms with E-state index < -0.39 is 10.0 Å². The number of para-hydroxylation sites is 1. The third kappa shape index (κ3) is 4.08. The number of hydrogen-bond acceptors (Lipinski definition) is 6. The first-order chi connectivity index (χ1) is 14.1. The quantitative estimate of drug-likeness (QED) is 0.615. The molecule has 1 fully saturated rings. The van der Waals surface area contributed by atoms with Crippen LogP contribution in [-0.2, 0) is 10.0 Å². The van der Waals surface area contributed by atoms with E-state index in [1.807, 2.05) is 30.3 Å². The minimum absolute atomic E-state index is 0.280. The predicted molar refractivity (Wildman–Crippen MR) is 110 cm³/mol. The lowest BCUT2D eigenvalue weighted by Gasteiger charge is -2.15. The fourth-order valence-corrected chi connectivity index (χ4v) is 4.76. The summed E-state index contributed by atoms with van der Waals surface area (Å²) in [6.45, 7) is 1.16. The molecule has 0 radical (unpaired) electrons. The predicted octanol–water partition coefficient (Wildman–Crippen LogP) is 3.70. The molecule has 2 heterocycles. The number of hydrogen-bond donors (Lipinski definition) is 0.